The van der Waals surface area contributed by atoms with E-state index in [0.29, 0.717) is 37.9 Å². The monoisotopic (exact) mass is 520 g/mol. The number of amides is 1. The molecule has 0 aliphatic heterocycles. The molecule has 33 heavy (non-hydrogen) atoms. The Kier molecular flexibility index (Phi) is 6.74. The number of fused-ring (bicyclic) bond motifs is 1. The number of rotatable bonds is 6. The van der Waals surface area contributed by atoms with E-state index in [0.717, 1.165) is 4.70 Å². The molecule has 0 radical (unpaired) electrons. The van der Waals surface area contributed by atoms with E-state index in [1.807, 2.05) is 6.07 Å². The van der Waals surface area contributed by atoms with Crippen LogP contribution < -0.4 is 5.32 Å². The fraction of sp³-hybridized carbons (Fsp3) is 0.130. The SMILES string of the molecule is Cc1cc(S(=O)(=O)Cc2ccc(Cl)c(Cl)c2)ccc1C(=O)Nc1ccc2sc(CO)nc2c1. The summed E-state index contributed by atoms with van der Waals surface area (Å²) >= 11 is 13.3. The Morgan fingerprint density at radius 1 is 1.06 bits per heavy atom. The lowest BCUT2D eigenvalue weighted by Gasteiger charge is -2.11. The average Bonchev–Trinajstić information content (AvgIpc) is 3.18. The third-order valence-corrected chi connectivity index (χ3v) is 8.41. The van der Waals surface area contributed by atoms with Gasteiger partial charge in [0.15, 0.2) is 9.84 Å². The van der Waals surface area contributed by atoms with Gasteiger partial charge in [0.05, 0.1) is 37.5 Å². The molecule has 6 nitrogen and oxygen atoms in total. The van der Waals surface area contributed by atoms with Crippen LogP contribution in [0.2, 0.25) is 10.0 Å². The summed E-state index contributed by atoms with van der Waals surface area (Å²) in [4.78, 5) is 17.2. The van der Waals surface area contributed by atoms with E-state index in [4.69, 9.17) is 23.2 Å². The Morgan fingerprint density at radius 2 is 1.85 bits per heavy atom. The summed E-state index contributed by atoms with van der Waals surface area (Å²) in [6, 6.07) is 14.4. The Bertz CT molecular complexity index is 1480. The summed E-state index contributed by atoms with van der Waals surface area (Å²) in [5, 5.41) is 13.3. The van der Waals surface area contributed by atoms with E-state index in [1.54, 1.807) is 31.2 Å². The second-order valence-corrected chi connectivity index (χ2v) is 11.3. The van der Waals surface area contributed by atoms with Gasteiger partial charge >= 0.3 is 0 Å². The van der Waals surface area contributed by atoms with Gasteiger partial charge in [-0.2, -0.15) is 0 Å². The normalized spacial score (nSPS) is 11.6. The van der Waals surface area contributed by atoms with E-state index in [9.17, 15) is 18.3 Å². The zero-order valence-corrected chi connectivity index (χ0v) is 20.4. The van der Waals surface area contributed by atoms with Crippen molar-refractivity contribution < 1.29 is 18.3 Å². The number of sulfone groups is 1. The highest BCUT2D eigenvalue weighted by atomic mass is 35.5. The molecule has 0 aliphatic carbocycles. The molecule has 4 aromatic rings. The van der Waals surface area contributed by atoms with Crippen molar-refractivity contribution in [2.24, 2.45) is 0 Å². The van der Waals surface area contributed by atoms with Gasteiger partial charge in [-0.05, 0) is 66.6 Å². The third kappa shape index (κ3) is 5.20. The molecule has 4 rings (SSSR count). The fourth-order valence-corrected chi connectivity index (χ4v) is 5.88. The largest absolute Gasteiger partial charge is 0.389 e. The standard InChI is InChI=1S/C23H18Cl2N2O4S2/c1-13-8-16(33(30,31)12-14-2-6-18(24)19(25)9-14)4-5-17(13)23(29)26-15-3-7-21-20(10-15)27-22(11-28)32-21/h2-10,28H,11-12H2,1H3,(H,26,29). The maximum absolute atomic E-state index is 12.9. The van der Waals surface area contributed by atoms with Crippen LogP contribution in [0.15, 0.2) is 59.5 Å². The zero-order chi connectivity index (χ0) is 23.8. The average molecular weight is 521 g/mol. The zero-order valence-electron chi connectivity index (χ0n) is 17.3. The number of nitrogens with one attached hydrogen (secondary N) is 1. The summed E-state index contributed by atoms with van der Waals surface area (Å²) in [5.74, 6) is -0.601. The van der Waals surface area contributed by atoms with Crippen LogP contribution >= 0.6 is 34.5 Å². The minimum atomic E-state index is -3.65. The number of hydrogen-bond donors (Lipinski definition) is 2. The van der Waals surface area contributed by atoms with Crippen molar-refractivity contribution in [3.63, 3.8) is 0 Å². The van der Waals surface area contributed by atoms with Crippen LogP contribution in [0.5, 0.6) is 0 Å². The van der Waals surface area contributed by atoms with Crippen LogP contribution in [0.1, 0.15) is 26.5 Å². The van der Waals surface area contributed by atoms with Gasteiger partial charge in [-0.1, -0.05) is 29.3 Å². The number of aryl methyl sites for hydroxylation is 1. The van der Waals surface area contributed by atoms with Gasteiger partial charge in [0.2, 0.25) is 0 Å². The lowest BCUT2D eigenvalue weighted by molar-refractivity contribution is 0.102. The predicted molar refractivity (Wildman–Crippen MR) is 132 cm³/mol. The number of anilines is 1. The van der Waals surface area contributed by atoms with Crippen LogP contribution in [0.25, 0.3) is 10.2 Å². The molecular formula is C23H18Cl2N2O4S2. The molecule has 10 heteroatoms. The van der Waals surface area contributed by atoms with E-state index < -0.39 is 9.84 Å². The Morgan fingerprint density at radius 3 is 2.55 bits per heavy atom. The second kappa shape index (κ2) is 9.40. The lowest BCUT2D eigenvalue weighted by Crippen LogP contribution is -2.14. The van der Waals surface area contributed by atoms with Gasteiger partial charge in [0.1, 0.15) is 5.01 Å². The molecule has 0 aliphatic rings. The number of aliphatic hydroxyl groups excluding tert-OH is 1. The fourth-order valence-electron chi connectivity index (χ4n) is 3.34. The predicted octanol–water partition coefficient (Wildman–Crippen LogP) is 5.63. The molecule has 1 amide bonds. The number of nitrogens with zero attached hydrogens (tertiary/aromatic N) is 1. The van der Waals surface area contributed by atoms with Crippen molar-refractivity contribution in [2.75, 3.05) is 5.32 Å². The molecule has 0 atom stereocenters. The topological polar surface area (TPSA) is 96.4 Å². The van der Waals surface area contributed by atoms with Crippen molar-refractivity contribution in [2.45, 2.75) is 24.2 Å². The first-order valence-corrected chi connectivity index (χ1v) is 13.0. The highest BCUT2D eigenvalue weighted by Crippen LogP contribution is 2.27. The Labute approximate surface area is 204 Å². The van der Waals surface area contributed by atoms with Gasteiger partial charge in [-0.25, -0.2) is 13.4 Å². The smallest absolute Gasteiger partial charge is 0.255 e. The summed E-state index contributed by atoms with van der Waals surface area (Å²) in [6.07, 6.45) is 0. The molecule has 1 aromatic heterocycles. The summed E-state index contributed by atoms with van der Waals surface area (Å²) < 4.78 is 26.7. The molecule has 0 saturated heterocycles. The van der Waals surface area contributed by atoms with E-state index >= 15 is 0 Å². The van der Waals surface area contributed by atoms with Gasteiger partial charge in [-0.15, -0.1) is 11.3 Å². The summed E-state index contributed by atoms with van der Waals surface area (Å²) in [7, 11) is -3.65. The van der Waals surface area contributed by atoms with Gasteiger partial charge in [0.25, 0.3) is 5.91 Å². The highest BCUT2D eigenvalue weighted by Gasteiger charge is 2.19. The molecular weight excluding hydrogens is 503 g/mol. The first kappa shape index (κ1) is 23.7. The van der Waals surface area contributed by atoms with Crippen LogP contribution in [0.3, 0.4) is 0 Å². The quantitative estimate of drug-likeness (QED) is 0.343. The third-order valence-electron chi connectivity index (χ3n) is 4.97. The maximum Gasteiger partial charge on any atom is 0.255 e. The first-order valence-electron chi connectivity index (χ1n) is 9.75. The lowest BCUT2D eigenvalue weighted by atomic mass is 10.1. The molecule has 170 valence electrons. The van der Waals surface area contributed by atoms with Crippen molar-refractivity contribution in [1.29, 1.82) is 0 Å². The van der Waals surface area contributed by atoms with E-state index in [1.165, 1.54) is 35.6 Å². The van der Waals surface area contributed by atoms with Crippen LogP contribution in [-0.2, 0) is 22.2 Å². The van der Waals surface area contributed by atoms with Crippen molar-refractivity contribution in [3.05, 3.63) is 86.3 Å². The number of thiazole rings is 1. The molecule has 0 spiro atoms. The number of benzene rings is 3. The van der Waals surface area contributed by atoms with Gasteiger partial charge in [0, 0.05) is 11.3 Å². The molecule has 0 unspecified atom stereocenters. The first-order chi connectivity index (χ1) is 15.7. The van der Waals surface area contributed by atoms with Gasteiger partial charge < -0.3 is 10.4 Å². The molecule has 0 bridgehead atoms. The Balaban J connectivity index is 1.53. The molecule has 1 heterocycles. The molecule has 2 N–H and O–H groups in total. The van der Waals surface area contributed by atoms with E-state index in [2.05, 4.69) is 10.3 Å². The summed E-state index contributed by atoms with van der Waals surface area (Å²) in [5.41, 5.74) is 2.64. The molecule has 3 aromatic carbocycles. The molecule has 0 saturated carbocycles. The van der Waals surface area contributed by atoms with Crippen molar-refractivity contribution in [1.82, 2.24) is 4.98 Å². The number of aliphatic hydroxyl groups is 1. The minimum Gasteiger partial charge on any atom is -0.389 e. The van der Waals surface area contributed by atoms with E-state index in [-0.39, 0.29) is 28.2 Å². The number of carbonyl (C=O) groups excluding carboxylic acids is 1. The van der Waals surface area contributed by atoms with Crippen LogP contribution in [0, 0.1) is 6.92 Å². The number of carbonyl (C=O) groups is 1. The number of aromatic nitrogens is 1. The molecule has 0 fully saturated rings. The van der Waals surface area contributed by atoms with Crippen LogP contribution in [0.4, 0.5) is 5.69 Å². The van der Waals surface area contributed by atoms with Crippen molar-refractivity contribution in [3.8, 4) is 0 Å². The number of halogens is 2. The van der Waals surface area contributed by atoms with Gasteiger partial charge in [-0.3, -0.25) is 4.79 Å². The van der Waals surface area contributed by atoms with Crippen LogP contribution in [-0.4, -0.2) is 24.4 Å². The second-order valence-electron chi connectivity index (χ2n) is 7.39. The highest BCUT2D eigenvalue weighted by molar-refractivity contribution is 7.90. The maximum atomic E-state index is 12.9. The summed E-state index contributed by atoms with van der Waals surface area (Å²) in [6.45, 7) is 1.55. The number of hydrogen-bond acceptors (Lipinski definition) is 6. The minimum absolute atomic E-state index is 0.114. The Hall–Kier alpha value is -2.49. The van der Waals surface area contributed by atoms with Crippen molar-refractivity contribution >= 4 is 66.2 Å².